The van der Waals surface area contributed by atoms with Crippen LogP contribution in [-0.2, 0) is 4.74 Å². The molecule has 2 aliphatic heterocycles. The van der Waals surface area contributed by atoms with Crippen LogP contribution in [0.5, 0.6) is 0 Å². The van der Waals surface area contributed by atoms with Gasteiger partial charge in [-0.15, -0.1) is 0 Å². The van der Waals surface area contributed by atoms with Crippen molar-refractivity contribution in [3.63, 3.8) is 0 Å². The van der Waals surface area contributed by atoms with E-state index in [9.17, 15) is 9.18 Å². The van der Waals surface area contributed by atoms with Crippen LogP contribution in [-0.4, -0.2) is 86.2 Å². The van der Waals surface area contributed by atoms with E-state index >= 15 is 0 Å². The van der Waals surface area contributed by atoms with Gasteiger partial charge in [-0.1, -0.05) is 17.9 Å². The molecule has 152 valence electrons. The van der Waals surface area contributed by atoms with Gasteiger partial charge in [-0.3, -0.25) is 9.69 Å². The van der Waals surface area contributed by atoms with Crippen molar-refractivity contribution in [3.8, 4) is 11.8 Å². The Morgan fingerprint density at radius 1 is 1.14 bits per heavy atom. The van der Waals surface area contributed by atoms with Crippen LogP contribution in [0.1, 0.15) is 28.8 Å². The van der Waals surface area contributed by atoms with E-state index in [0.717, 1.165) is 45.6 Å². The number of benzene rings is 1. The number of carbonyl (C=O) groups is 1. The molecule has 5 nitrogen and oxygen atoms in total. The summed E-state index contributed by atoms with van der Waals surface area (Å²) >= 11 is 0. The molecule has 6 heteroatoms. The molecule has 3 rings (SSSR count). The predicted molar refractivity (Wildman–Crippen MR) is 108 cm³/mol. The van der Waals surface area contributed by atoms with Gasteiger partial charge in [0.15, 0.2) is 0 Å². The van der Waals surface area contributed by atoms with Crippen molar-refractivity contribution in [1.29, 1.82) is 0 Å². The maximum atomic E-state index is 13.7. The number of piperidine rings is 1. The molecule has 0 unspecified atom stereocenters. The molecule has 0 spiro atoms. The van der Waals surface area contributed by atoms with Crippen molar-refractivity contribution in [2.45, 2.75) is 25.9 Å². The number of hydrogen-bond acceptors (Lipinski definition) is 4. The molecular formula is C22H30FN3O2. The molecule has 1 amide bonds. The first kappa shape index (κ1) is 20.8. The van der Waals surface area contributed by atoms with Gasteiger partial charge >= 0.3 is 0 Å². The summed E-state index contributed by atoms with van der Waals surface area (Å²) in [6, 6.07) is 4.68. The second-order valence-corrected chi connectivity index (χ2v) is 7.70. The second-order valence-electron chi connectivity index (χ2n) is 7.70. The van der Waals surface area contributed by atoms with Crippen molar-refractivity contribution < 1.29 is 13.9 Å². The molecule has 0 saturated carbocycles. The van der Waals surface area contributed by atoms with Crippen molar-refractivity contribution in [3.05, 3.63) is 35.1 Å². The molecule has 0 aromatic heterocycles. The first-order valence-electron chi connectivity index (χ1n) is 10.1. The number of rotatable bonds is 4. The summed E-state index contributed by atoms with van der Waals surface area (Å²) in [5.41, 5.74) is 0.967. The molecule has 2 saturated heterocycles. The number of carbonyl (C=O) groups excluding carboxylic acids is 1. The lowest BCUT2D eigenvalue weighted by Gasteiger charge is -2.31. The number of hydrogen-bond donors (Lipinski definition) is 0. The van der Waals surface area contributed by atoms with E-state index in [1.165, 1.54) is 6.07 Å². The summed E-state index contributed by atoms with van der Waals surface area (Å²) in [6.45, 7) is 8.55. The summed E-state index contributed by atoms with van der Waals surface area (Å²) in [5.74, 6) is 5.87. The Morgan fingerprint density at radius 2 is 1.86 bits per heavy atom. The number of likely N-dealkylation sites (tertiary alicyclic amines) is 1. The molecular weight excluding hydrogens is 357 g/mol. The fourth-order valence-corrected chi connectivity index (χ4v) is 3.52. The number of likely N-dealkylation sites (N-methyl/N-ethyl adjacent to an activating group) is 1. The van der Waals surface area contributed by atoms with Gasteiger partial charge in [-0.05, 0) is 44.5 Å². The number of nitrogens with zero attached hydrogens (tertiary/aromatic N) is 3. The van der Waals surface area contributed by atoms with E-state index in [1.807, 2.05) is 0 Å². The number of piperazine rings is 1. The van der Waals surface area contributed by atoms with Crippen LogP contribution in [0, 0.1) is 24.6 Å². The number of ether oxygens (including phenoxy) is 1. The first-order chi connectivity index (χ1) is 13.5. The number of halogens is 1. The topological polar surface area (TPSA) is 36.0 Å². The smallest absolute Gasteiger partial charge is 0.253 e. The van der Waals surface area contributed by atoms with E-state index in [-0.39, 0.29) is 17.8 Å². The molecule has 0 radical (unpaired) electrons. The van der Waals surface area contributed by atoms with Crippen molar-refractivity contribution in [1.82, 2.24) is 14.7 Å². The highest BCUT2D eigenvalue weighted by atomic mass is 19.1. The number of amides is 1. The SMILES string of the molecule is Cc1ccc(C(=O)N2CCC(OCC#CCN3CCN(C)CC3)CC2)cc1F. The Balaban J connectivity index is 1.36. The second kappa shape index (κ2) is 10.0. The summed E-state index contributed by atoms with van der Waals surface area (Å²) in [7, 11) is 2.15. The molecule has 2 heterocycles. The molecule has 28 heavy (non-hydrogen) atoms. The lowest BCUT2D eigenvalue weighted by atomic mass is 10.1. The van der Waals surface area contributed by atoms with Gasteiger partial charge < -0.3 is 14.5 Å². The van der Waals surface area contributed by atoms with Gasteiger partial charge in [0.1, 0.15) is 12.4 Å². The van der Waals surface area contributed by atoms with Gasteiger partial charge in [0.05, 0.1) is 12.6 Å². The minimum Gasteiger partial charge on any atom is -0.365 e. The number of aryl methyl sites for hydroxylation is 1. The van der Waals surface area contributed by atoms with E-state index in [1.54, 1.807) is 24.0 Å². The van der Waals surface area contributed by atoms with Crippen LogP contribution in [0.2, 0.25) is 0 Å². The summed E-state index contributed by atoms with van der Waals surface area (Å²) < 4.78 is 19.6. The highest BCUT2D eigenvalue weighted by Gasteiger charge is 2.24. The lowest BCUT2D eigenvalue weighted by molar-refractivity contribution is 0.0230. The maximum absolute atomic E-state index is 13.7. The summed E-state index contributed by atoms with van der Waals surface area (Å²) in [4.78, 5) is 19.0. The van der Waals surface area contributed by atoms with Crippen molar-refractivity contribution in [2.24, 2.45) is 0 Å². The van der Waals surface area contributed by atoms with Gasteiger partial charge in [-0.25, -0.2) is 4.39 Å². The highest BCUT2D eigenvalue weighted by Crippen LogP contribution is 2.17. The lowest BCUT2D eigenvalue weighted by Crippen LogP contribution is -2.44. The molecule has 2 fully saturated rings. The zero-order valence-electron chi connectivity index (χ0n) is 16.9. The van der Waals surface area contributed by atoms with E-state index in [0.29, 0.717) is 30.8 Å². The average Bonchev–Trinajstić information content (AvgIpc) is 2.71. The molecule has 0 N–H and O–H groups in total. The van der Waals surface area contributed by atoms with Gasteiger partial charge in [0.2, 0.25) is 0 Å². The van der Waals surface area contributed by atoms with Crippen LogP contribution in [0.3, 0.4) is 0 Å². The van der Waals surface area contributed by atoms with Crippen LogP contribution in [0.25, 0.3) is 0 Å². The Labute approximate surface area is 167 Å². The quantitative estimate of drug-likeness (QED) is 0.741. The third-order valence-electron chi connectivity index (χ3n) is 5.56. The molecule has 1 aromatic rings. The minimum atomic E-state index is -0.334. The van der Waals surface area contributed by atoms with Gasteiger partial charge in [0, 0.05) is 44.8 Å². The van der Waals surface area contributed by atoms with Crippen LogP contribution in [0.4, 0.5) is 4.39 Å². The zero-order valence-corrected chi connectivity index (χ0v) is 16.9. The summed E-state index contributed by atoms with van der Waals surface area (Å²) in [6.07, 6.45) is 1.72. The molecule has 2 aliphatic rings. The molecule has 1 aromatic carbocycles. The van der Waals surface area contributed by atoms with E-state index < -0.39 is 0 Å². The van der Waals surface area contributed by atoms with Gasteiger partial charge in [0.25, 0.3) is 5.91 Å². The molecule has 0 atom stereocenters. The zero-order chi connectivity index (χ0) is 19.9. The third-order valence-corrected chi connectivity index (χ3v) is 5.56. The Morgan fingerprint density at radius 3 is 2.54 bits per heavy atom. The molecule has 0 bridgehead atoms. The molecule has 0 aliphatic carbocycles. The van der Waals surface area contributed by atoms with Gasteiger partial charge in [-0.2, -0.15) is 0 Å². The first-order valence-corrected chi connectivity index (χ1v) is 10.1. The Kier molecular flexibility index (Phi) is 7.43. The Bertz CT molecular complexity index is 727. The van der Waals surface area contributed by atoms with E-state index in [4.69, 9.17) is 4.74 Å². The highest BCUT2D eigenvalue weighted by molar-refractivity contribution is 5.94. The Hall–Kier alpha value is -1.94. The summed E-state index contributed by atoms with van der Waals surface area (Å²) in [5, 5.41) is 0. The van der Waals surface area contributed by atoms with E-state index in [2.05, 4.69) is 28.7 Å². The monoisotopic (exact) mass is 387 g/mol. The third kappa shape index (κ3) is 5.78. The van der Waals surface area contributed by atoms with Crippen molar-refractivity contribution >= 4 is 5.91 Å². The van der Waals surface area contributed by atoms with Crippen LogP contribution < -0.4 is 0 Å². The largest absolute Gasteiger partial charge is 0.365 e. The van der Waals surface area contributed by atoms with Crippen LogP contribution >= 0.6 is 0 Å². The van der Waals surface area contributed by atoms with Crippen LogP contribution in [0.15, 0.2) is 18.2 Å². The normalized spacial score (nSPS) is 19.3. The fraction of sp³-hybridized carbons (Fsp3) is 0.591. The average molecular weight is 387 g/mol. The maximum Gasteiger partial charge on any atom is 0.253 e. The minimum absolute atomic E-state index is 0.107. The van der Waals surface area contributed by atoms with Crippen molar-refractivity contribution in [2.75, 3.05) is 59.5 Å². The standard InChI is InChI=1S/C22H30FN3O2/c1-18-5-6-19(17-21(18)23)22(27)26-10-7-20(8-11-26)28-16-4-3-9-25-14-12-24(2)13-15-25/h5-6,17,20H,7-16H2,1-2H3. The fourth-order valence-electron chi connectivity index (χ4n) is 3.52. The predicted octanol–water partition coefficient (Wildman–Crippen LogP) is 2.01.